The van der Waals surface area contributed by atoms with E-state index in [4.69, 9.17) is 19.8 Å². The van der Waals surface area contributed by atoms with E-state index in [1.54, 1.807) is 12.1 Å². The van der Waals surface area contributed by atoms with Crippen LogP contribution in [-0.4, -0.2) is 49.4 Å². The quantitative estimate of drug-likeness (QED) is 0.0990. The van der Waals surface area contributed by atoms with Crippen molar-refractivity contribution in [3.63, 3.8) is 0 Å². The molecule has 6 aromatic carbocycles. The molecular formula is C44H36N6O3. The summed E-state index contributed by atoms with van der Waals surface area (Å²) in [6, 6.07) is 53.6. The third-order valence-corrected chi connectivity index (χ3v) is 9.55. The molecule has 0 fully saturated rings. The van der Waals surface area contributed by atoms with Crippen molar-refractivity contribution in [2.45, 2.75) is 19.0 Å². The number of carbonyl (C=O) groups is 1. The Labute approximate surface area is 307 Å². The van der Waals surface area contributed by atoms with Crippen LogP contribution in [0.1, 0.15) is 39.5 Å². The van der Waals surface area contributed by atoms with E-state index < -0.39 is 11.5 Å². The molecule has 2 aromatic heterocycles. The lowest BCUT2D eigenvalue weighted by molar-refractivity contribution is 0.0602. The smallest absolute Gasteiger partial charge is 0.340 e. The molecule has 0 saturated carbocycles. The number of nitrogens with zero attached hydrogens (tertiary/aromatic N) is 6. The van der Waals surface area contributed by atoms with Crippen LogP contribution in [0.4, 0.5) is 0 Å². The molecule has 8 rings (SSSR count). The van der Waals surface area contributed by atoms with Crippen molar-refractivity contribution in [1.29, 1.82) is 0 Å². The van der Waals surface area contributed by atoms with Gasteiger partial charge in [0.15, 0.2) is 5.82 Å². The average Bonchev–Trinajstić information content (AvgIpc) is 3.85. The lowest BCUT2D eigenvalue weighted by Gasteiger charge is -2.36. The van der Waals surface area contributed by atoms with Gasteiger partial charge in [0.25, 0.3) is 6.01 Å². The van der Waals surface area contributed by atoms with E-state index in [-0.39, 0.29) is 0 Å². The van der Waals surface area contributed by atoms with E-state index in [1.807, 2.05) is 52.6 Å². The molecule has 8 aromatic rings. The SMILES string of the molecule is CCOc1nc2cccc(C(=O)OC)c2n1Cc1ccc(-c2ccccc2-c2nnnn2C(c2ccccc2)(c2ccccc2)c2ccccc2)cc1. The molecule has 0 amide bonds. The molecule has 0 radical (unpaired) electrons. The van der Waals surface area contributed by atoms with Gasteiger partial charge in [-0.25, -0.2) is 9.48 Å². The molecule has 0 spiro atoms. The van der Waals surface area contributed by atoms with E-state index in [2.05, 4.69) is 119 Å². The van der Waals surface area contributed by atoms with Crippen molar-refractivity contribution >= 4 is 17.0 Å². The van der Waals surface area contributed by atoms with E-state index in [1.165, 1.54) is 7.11 Å². The highest BCUT2D eigenvalue weighted by atomic mass is 16.5. The molecule has 0 aliphatic rings. The first kappa shape index (κ1) is 33.3. The Bertz CT molecular complexity index is 2400. The average molecular weight is 697 g/mol. The van der Waals surface area contributed by atoms with Crippen molar-refractivity contribution in [3.05, 3.63) is 186 Å². The second kappa shape index (κ2) is 14.4. The summed E-state index contributed by atoms with van der Waals surface area (Å²) in [5.41, 5.74) is 7.85. The van der Waals surface area contributed by atoms with Crippen molar-refractivity contribution in [3.8, 4) is 28.5 Å². The van der Waals surface area contributed by atoms with Gasteiger partial charge in [-0.1, -0.05) is 146 Å². The van der Waals surface area contributed by atoms with Gasteiger partial charge >= 0.3 is 5.97 Å². The Morgan fingerprint density at radius 2 is 1.26 bits per heavy atom. The zero-order valence-corrected chi connectivity index (χ0v) is 29.3. The standard InChI is InChI=1S/C44H36N6O3/c1-3-53-43-45-39-25-15-24-38(42(51)52-2)40(39)49(43)30-31-26-28-32(29-27-31)36-22-13-14-23-37(36)41-46-47-48-50(41)44(33-16-7-4-8-17-33,34-18-9-5-10-19-34)35-20-11-6-12-21-35/h4-29H,3,30H2,1-2H3. The largest absolute Gasteiger partial charge is 0.465 e. The molecule has 0 saturated heterocycles. The zero-order valence-electron chi connectivity index (χ0n) is 29.3. The number of esters is 1. The minimum atomic E-state index is -0.880. The summed E-state index contributed by atoms with van der Waals surface area (Å²) in [5, 5.41) is 13.8. The number of methoxy groups -OCH3 is 1. The van der Waals surface area contributed by atoms with Crippen LogP contribution in [0.2, 0.25) is 0 Å². The number of benzene rings is 6. The molecule has 0 unspecified atom stereocenters. The Morgan fingerprint density at radius 1 is 0.679 bits per heavy atom. The van der Waals surface area contributed by atoms with Crippen LogP contribution >= 0.6 is 0 Å². The van der Waals surface area contributed by atoms with E-state index in [0.29, 0.717) is 41.6 Å². The fourth-order valence-corrected chi connectivity index (χ4v) is 7.21. The van der Waals surface area contributed by atoms with E-state index >= 15 is 0 Å². The number of para-hydroxylation sites is 1. The van der Waals surface area contributed by atoms with Gasteiger partial charge in [0.1, 0.15) is 5.54 Å². The Kier molecular flexibility index (Phi) is 9.04. The first-order valence-corrected chi connectivity index (χ1v) is 17.5. The molecule has 2 heterocycles. The Balaban J connectivity index is 1.24. The third-order valence-electron chi connectivity index (χ3n) is 9.55. The highest BCUT2D eigenvalue weighted by molar-refractivity contribution is 6.02. The van der Waals surface area contributed by atoms with Gasteiger partial charge in [-0.2, -0.15) is 4.98 Å². The maximum Gasteiger partial charge on any atom is 0.340 e. The molecule has 0 aliphatic carbocycles. The summed E-state index contributed by atoms with van der Waals surface area (Å²) in [6.07, 6.45) is 0. The lowest BCUT2D eigenvalue weighted by atomic mass is 9.77. The predicted octanol–water partition coefficient (Wildman–Crippen LogP) is 8.43. The molecule has 0 aliphatic heterocycles. The number of ether oxygens (including phenoxy) is 2. The van der Waals surface area contributed by atoms with Gasteiger partial charge in [-0.3, -0.25) is 4.57 Å². The number of hydrogen-bond acceptors (Lipinski definition) is 7. The van der Waals surface area contributed by atoms with E-state index in [0.717, 1.165) is 38.9 Å². The highest BCUT2D eigenvalue weighted by Gasteiger charge is 2.42. The van der Waals surface area contributed by atoms with Gasteiger partial charge in [-0.05, 0) is 62.9 Å². The van der Waals surface area contributed by atoms with Crippen LogP contribution in [0.25, 0.3) is 33.5 Å². The molecule has 0 N–H and O–H groups in total. The first-order valence-electron chi connectivity index (χ1n) is 17.5. The molecule has 0 atom stereocenters. The fourth-order valence-electron chi connectivity index (χ4n) is 7.21. The van der Waals surface area contributed by atoms with Crippen LogP contribution in [-0.2, 0) is 16.8 Å². The van der Waals surface area contributed by atoms with Crippen LogP contribution in [0.3, 0.4) is 0 Å². The summed E-state index contributed by atoms with van der Waals surface area (Å²) in [4.78, 5) is 17.4. The third kappa shape index (κ3) is 5.92. The number of hydrogen-bond donors (Lipinski definition) is 0. The number of aromatic nitrogens is 6. The molecule has 0 bridgehead atoms. The lowest BCUT2D eigenvalue weighted by Crippen LogP contribution is -2.39. The molecule has 9 heteroatoms. The number of rotatable bonds is 11. The molecule has 53 heavy (non-hydrogen) atoms. The highest BCUT2D eigenvalue weighted by Crippen LogP contribution is 2.43. The zero-order chi connectivity index (χ0) is 36.2. The van der Waals surface area contributed by atoms with Crippen LogP contribution in [0.15, 0.2) is 158 Å². The number of imidazole rings is 1. The topological polar surface area (TPSA) is 97.0 Å². The van der Waals surface area contributed by atoms with Crippen molar-refractivity contribution in [2.24, 2.45) is 0 Å². The fraction of sp³-hybridized carbons (Fsp3) is 0.114. The van der Waals surface area contributed by atoms with Crippen molar-refractivity contribution in [1.82, 2.24) is 29.8 Å². The van der Waals surface area contributed by atoms with Crippen LogP contribution in [0.5, 0.6) is 6.01 Å². The Morgan fingerprint density at radius 3 is 1.85 bits per heavy atom. The first-order chi connectivity index (χ1) is 26.1. The maximum absolute atomic E-state index is 12.7. The normalized spacial score (nSPS) is 11.4. The Hall–Kier alpha value is -6.87. The summed E-state index contributed by atoms with van der Waals surface area (Å²) in [5.74, 6) is 0.202. The predicted molar refractivity (Wildman–Crippen MR) is 205 cm³/mol. The van der Waals surface area contributed by atoms with E-state index in [9.17, 15) is 4.79 Å². The number of carbonyl (C=O) groups excluding carboxylic acids is 1. The second-order valence-corrected chi connectivity index (χ2v) is 12.5. The van der Waals surface area contributed by atoms with Gasteiger partial charge in [-0.15, -0.1) is 5.10 Å². The van der Waals surface area contributed by atoms with Crippen LogP contribution in [0, 0.1) is 0 Å². The number of fused-ring (bicyclic) bond motifs is 1. The number of tetrazole rings is 1. The summed E-state index contributed by atoms with van der Waals surface area (Å²) in [6.45, 7) is 2.79. The minimum absolute atomic E-state index is 0.426. The monoisotopic (exact) mass is 696 g/mol. The molecular weight excluding hydrogens is 661 g/mol. The van der Waals surface area contributed by atoms with Crippen molar-refractivity contribution in [2.75, 3.05) is 13.7 Å². The van der Waals surface area contributed by atoms with Gasteiger partial charge in [0.05, 0.1) is 36.9 Å². The molecule has 9 nitrogen and oxygen atoms in total. The van der Waals surface area contributed by atoms with Gasteiger partial charge < -0.3 is 9.47 Å². The second-order valence-electron chi connectivity index (χ2n) is 12.5. The summed E-state index contributed by atoms with van der Waals surface area (Å²) >= 11 is 0. The van der Waals surface area contributed by atoms with Crippen molar-refractivity contribution < 1.29 is 14.3 Å². The summed E-state index contributed by atoms with van der Waals surface area (Å²) in [7, 11) is 1.38. The van der Waals surface area contributed by atoms with Gasteiger partial charge in [0.2, 0.25) is 0 Å². The van der Waals surface area contributed by atoms with Gasteiger partial charge in [0, 0.05) is 5.56 Å². The minimum Gasteiger partial charge on any atom is -0.465 e. The van der Waals surface area contributed by atoms with Crippen LogP contribution < -0.4 is 4.74 Å². The summed E-state index contributed by atoms with van der Waals surface area (Å²) < 4.78 is 14.9. The molecule has 260 valence electrons. The maximum atomic E-state index is 12.7.